The molecule has 0 radical (unpaired) electrons. The van der Waals surface area contributed by atoms with E-state index in [2.05, 4.69) is 13.8 Å². The molecular formula is C14H22O2. The molecule has 2 heteroatoms. The van der Waals surface area contributed by atoms with Crippen LogP contribution in [0.15, 0.2) is 30.3 Å². The minimum absolute atomic E-state index is 0.604. The Hall–Kier alpha value is -0.860. The summed E-state index contributed by atoms with van der Waals surface area (Å²) in [5.74, 6) is -0.604. The van der Waals surface area contributed by atoms with Crippen LogP contribution < -0.4 is 0 Å². The second-order valence-electron chi connectivity index (χ2n) is 4.01. The number of ether oxygens (including phenoxy) is 2. The molecule has 1 aromatic rings. The summed E-state index contributed by atoms with van der Waals surface area (Å²) < 4.78 is 11.7. The maximum Gasteiger partial charge on any atom is 0.191 e. The van der Waals surface area contributed by atoms with Crippen molar-refractivity contribution < 1.29 is 9.47 Å². The fraction of sp³-hybridized carbons (Fsp3) is 0.571. The van der Waals surface area contributed by atoms with E-state index in [1.807, 2.05) is 37.3 Å². The first-order chi connectivity index (χ1) is 7.73. The van der Waals surface area contributed by atoms with Crippen LogP contribution in [0, 0.1) is 0 Å². The maximum atomic E-state index is 5.84. The molecule has 0 N–H and O–H groups in total. The van der Waals surface area contributed by atoms with Crippen molar-refractivity contribution in [1.82, 2.24) is 0 Å². The van der Waals surface area contributed by atoms with E-state index in [9.17, 15) is 0 Å². The summed E-state index contributed by atoms with van der Waals surface area (Å²) in [5.41, 5.74) is 1.08. The lowest BCUT2D eigenvalue weighted by atomic mass is 10.1. The van der Waals surface area contributed by atoms with E-state index in [-0.39, 0.29) is 0 Å². The standard InChI is InChI=1S/C14H22O2/c1-4-11-15-14(3,16-12-5-2)13-9-7-6-8-10-13/h6-10H,4-5,11-12H2,1-3H3. The van der Waals surface area contributed by atoms with Crippen LogP contribution in [-0.4, -0.2) is 13.2 Å². The van der Waals surface area contributed by atoms with E-state index in [0.29, 0.717) is 0 Å². The van der Waals surface area contributed by atoms with E-state index in [1.54, 1.807) is 0 Å². The van der Waals surface area contributed by atoms with Gasteiger partial charge in [-0.05, 0) is 19.8 Å². The highest BCUT2D eigenvalue weighted by atomic mass is 16.7. The Morgan fingerprint density at radius 1 is 0.938 bits per heavy atom. The third-order valence-corrected chi connectivity index (χ3v) is 2.46. The van der Waals surface area contributed by atoms with Gasteiger partial charge in [-0.2, -0.15) is 0 Å². The van der Waals surface area contributed by atoms with E-state index < -0.39 is 5.79 Å². The lowest BCUT2D eigenvalue weighted by molar-refractivity contribution is -0.234. The van der Waals surface area contributed by atoms with Crippen LogP contribution in [0.2, 0.25) is 0 Å². The Kier molecular flexibility index (Phi) is 5.50. The zero-order valence-electron chi connectivity index (χ0n) is 10.5. The lowest BCUT2D eigenvalue weighted by Gasteiger charge is -2.30. The molecule has 0 spiro atoms. The molecule has 0 saturated heterocycles. The summed E-state index contributed by atoms with van der Waals surface area (Å²) in [5, 5.41) is 0. The SMILES string of the molecule is CCCOC(C)(OCCC)c1ccccc1. The largest absolute Gasteiger partial charge is 0.346 e. The first-order valence-corrected chi connectivity index (χ1v) is 6.06. The zero-order valence-corrected chi connectivity index (χ0v) is 10.5. The molecular weight excluding hydrogens is 200 g/mol. The summed E-state index contributed by atoms with van der Waals surface area (Å²) in [6.45, 7) is 7.63. The quantitative estimate of drug-likeness (QED) is 0.655. The minimum Gasteiger partial charge on any atom is -0.346 e. The lowest BCUT2D eigenvalue weighted by Crippen LogP contribution is -2.30. The highest BCUT2D eigenvalue weighted by molar-refractivity contribution is 5.19. The van der Waals surface area contributed by atoms with Crippen LogP contribution in [0.3, 0.4) is 0 Å². The van der Waals surface area contributed by atoms with Gasteiger partial charge >= 0.3 is 0 Å². The highest BCUT2D eigenvalue weighted by Crippen LogP contribution is 2.27. The van der Waals surface area contributed by atoms with E-state index in [0.717, 1.165) is 31.6 Å². The fourth-order valence-corrected chi connectivity index (χ4v) is 1.54. The molecule has 1 rings (SSSR count). The first-order valence-electron chi connectivity index (χ1n) is 6.06. The molecule has 90 valence electrons. The second-order valence-corrected chi connectivity index (χ2v) is 4.01. The Morgan fingerprint density at radius 3 is 1.88 bits per heavy atom. The van der Waals surface area contributed by atoms with Gasteiger partial charge in [0.1, 0.15) is 0 Å². The number of hydrogen-bond donors (Lipinski definition) is 0. The summed E-state index contributed by atoms with van der Waals surface area (Å²) in [7, 11) is 0. The van der Waals surface area contributed by atoms with Crippen molar-refractivity contribution in [3.05, 3.63) is 35.9 Å². The molecule has 0 heterocycles. The van der Waals surface area contributed by atoms with Crippen molar-refractivity contribution in [2.45, 2.75) is 39.4 Å². The number of rotatable bonds is 7. The smallest absolute Gasteiger partial charge is 0.191 e. The van der Waals surface area contributed by atoms with Gasteiger partial charge in [0.05, 0.1) is 13.2 Å². The van der Waals surface area contributed by atoms with Gasteiger partial charge in [0.25, 0.3) is 0 Å². The van der Waals surface area contributed by atoms with Gasteiger partial charge in [0.2, 0.25) is 0 Å². The number of benzene rings is 1. The summed E-state index contributed by atoms with van der Waals surface area (Å²) in [6, 6.07) is 10.1. The van der Waals surface area contributed by atoms with Gasteiger partial charge in [0, 0.05) is 5.56 Å². The topological polar surface area (TPSA) is 18.5 Å². The van der Waals surface area contributed by atoms with Crippen LogP contribution in [0.1, 0.15) is 39.2 Å². The van der Waals surface area contributed by atoms with E-state index in [4.69, 9.17) is 9.47 Å². The first kappa shape index (κ1) is 13.2. The molecule has 0 amide bonds. The summed E-state index contributed by atoms with van der Waals surface area (Å²) in [4.78, 5) is 0. The Morgan fingerprint density at radius 2 is 1.44 bits per heavy atom. The van der Waals surface area contributed by atoms with Crippen LogP contribution in [0.4, 0.5) is 0 Å². The Labute approximate surface area is 98.6 Å². The summed E-state index contributed by atoms with van der Waals surface area (Å²) >= 11 is 0. The van der Waals surface area contributed by atoms with E-state index >= 15 is 0 Å². The average molecular weight is 222 g/mol. The average Bonchev–Trinajstić information content (AvgIpc) is 2.35. The van der Waals surface area contributed by atoms with Crippen molar-refractivity contribution in [3.63, 3.8) is 0 Å². The van der Waals surface area contributed by atoms with Gasteiger partial charge < -0.3 is 9.47 Å². The molecule has 0 aliphatic carbocycles. The molecule has 0 atom stereocenters. The minimum atomic E-state index is -0.604. The Balaban J connectivity index is 2.77. The monoisotopic (exact) mass is 222 g/mol. The van der Waals surface area contributed by atoms with Crippen molar-refractivity contribution in [2.75, 3.05) is 13.2 Å². The zero-order chi connectivity index (χ0) is 11.9. The van der Waals surface area contributed by atoms with Gasteiger partial charge in [-0.3, -0.25) is 0 Å². The van der Waals surface area contributed by atoms with Gasteiger partial charge in [-0.25, -0.2) is 0 Å². The molecule has 0 aliphatic rings. The molecule has 0 fully saturated rings. The molecule has 16 heavy (non-hydrogen) atoms. The molecule has 2 nitrogen and oxygen atoms in total. The van der Waals surface area contributed by atoms with Crippen molar-refractivity contribution in [1.29, 1.82) is 0 Å². The van der Waals surface area contributed by atoms with Gasteiger partial charge in [0.15, 0.2) is 5.79 Å². The van der Waals surface area contributed by atoms with Gasteiger partial charge in [-0.1, -0.05) is 44.2 Å². The molecule has 0 bridgehead atoms. The molecule has 0 unspecified atom stereocenters. The fourth-order valence-electron chi connectivity index (χ4n) is 1.54. The van der Waals surface area contributed by atoms with Crippen LogP contribution >= 0.6 is 0 Å². The molecule has 0 aliphatic heterocycles. The molecule has 0 aromatic heterocycles. The molecule has 0 saturated carbocycles. The van der Waals surface area contributed by atoms with Gasteiger partial charge in [-0.15, -0.1) is 0 Å². The second kappa shape index (κ2) is 6.66. The van der Waals surface area contributed by atoms with E-state index in [1.165, 1.54) is 0 Å². The normalized spacial score (nSPS) is 11.7. The van der Waals surface area contributed by atoms with Crippen molar-refractivity contribution >= 4 is 0 Å². The van der Waals surface area contributed by atoms with Crippen LogP contribution in [0.25, 0.3) is 0 Å². The van der Waals surface area contributed by atoms with Crippen molar-refractivity contribution in [3.8, 4) is 0 Å². The molecule has 1 aromatic carbocycles. The number of hydrogen-bond acceptors (Lipinski definition) is 2. The maximum absolute atomic E-state index is 5.84. The highest BCUT2D eigenvalue weighted by Gasteiger charge is 2.27. The summed E-state index contributed by atoms with van der Waals surface area (Å²) in [6.07, 6.45) is 2.00. The predicted octanol–water partition coefficient (Wildman–Crippen LogP) is 3.71. The predicted molar refractivity (Wildman–Crippen MR) is 66.3 cm³/mol. The third kappa shape index (κ3) is 3.62. The third-order valence-electron chi connectivity index (χ3n) is 2.46. The van der Waals surface area contributed by atoms with Crippen LogP contribution in [0.5, 0.6) is 0 Å². The Bertz CT molecular complexity index is 274. The van der Waals surface area contributed by atoms with Crippen LogP contribution in [-0.2, 0) is 15.3 Å². The van der Waals surface area contributed by atoms with Crippen molar-refractivity contribution in [2.24, 2.45) is 0 Å².